The molecule has 0 aliphatic heterocycles. The molecular formula is C18H32N4O3. The van der Waals surface area contributed by atoms with Crippen molar-refractivity contribution in [1.29, 1.82) is 0 Å². The van der Waals surface area contributed by atoms with Gasteiger partial charge in [0, 0.05) is 25.0 Å². The van der Waals surface area contributed by atoms with E-state index in [1.54, 1.807) is 13.0 Å². The van der Waals surface area contributed by atoms with Crippen LogP contribution in [0.1, 0.15) is 46.1 Å². The topological polar surface area (TPSA) is 98.9 Å². The van der Waals surface area contributed by atoms with Crippen LogP contribution in [-0.2, 0) is 10.4 Å². The summed E-state index contributed by atoms with van der Waals surface area (Å²) in [5, 5.41) is 19.7. The van der Waals surface area contributed by atoms with Gasteiger partial charge in [-0.05, 0) is 32.9 Å². The van der Waals surface area contributed by atoms with E-state index in [2.05, 4.69) is 20.9 Å². The number of hydrogen-bond acceptors (Lipinski definition) is 4. The van der Waals surface area contributed by atoms with Crippen LogP contribution in [0.25, 0.3) is 0 Å². The first-order valence-electron chi connectivity index (χ1n) is 8.66. The third-order valence-electron chi connectivity index (χ3n) is 3.54. The Labute approximate surface area is 150 Å². The monoisotopic (exact) mass is 352 g/mol. The quantitative estimate of drug-likeness (QED) is 0.339. The second-order valence-electron chi connectivity index (χ2n) is 7.31. The second kappa shape index (κ2) is 8.89. The molecule has 1 unspecified atom stereocenters. The van der Waals surface area contributed by atoms with Crippen LogP contribution in [0.2, 0.25) is 0 Å². The predicted octanol–water partition coefficient (Wildman–Crippen LogP) is 1.51. The molecule has 1 amide bonds. The van der Waals surface area contributed by atoms with Crippen LogP contribution < -0.4 is 16.0 Å². The SMILES string of the molecule is CCNC(=NCC(C)(O)c1ccc(C)o1)NCCNC(=O)C(C)(C)C. The molecule has 0 bridgehead atoms. The summed E-state index contributed by atoms with van der Waals surface area (Å²) >= 11 is 0. The van der Waals surface area contributed by atoms with Gasteiger partial charge in [-0.3, -0.25) is 4.79 Å². The van der Waals surface area contributed by atoms with E-state index in [1.807, 2.05) is 40.7 Å². The van der Waals surface area contributed by atoms with Crippen molar-refractivity contribution in [2.24, 2.45) is 10.4 Å². The summed E-state index contributed by atoms with van der Waals surface area (Å²) in [6, 6.07) is 3.57. The second-order valence-corrected chi connectivity index (χ2v) is 7.31. The normalized spacial score (nSPS) is 14.8. The Morgan fingerprint density at radius 2 is 1.80 bits per heavy atom. The third kappa shape index (κ3) is 7.17. The Morgan fingerprint density at radius 3 is 2.32 bits per heavy atom. The number of nitrogens with one attached hydrogen (secondary N) is 3. The van der Waals surface area contributed by atoms with Gasteiger partial charge in [0.15, 0.2) is 5.96 Å². The predicted molar refractivity (Wildman–Crippen MR) is 99.5 cm³/mol. The number of furan rings is 1. The average Bonchev–Trinajstić information content (AvgIpc) is 2.95. The van der Waals surface area contributed by atoms with Gasteiger partial charge in [-0.2, -0.15) is 0 Å². The van der Waals surface area contributed by atoms with Crippen molar-refractivity contribution >= 4 is 11.9 Å². The van der Waals surface area contributed by atoms with Crippen LogP contribution in [0.15, 0.2) is 21.5 Å². The van der Waals surface area contributed by atoms with Gasteiger partial charge in [0.1, 0.15) is 17.1 Å². The fourth-order valence-corrected chi connectivity index (χ4v) is 2.00. The van der Waals surface area contributed by atoms with E-state index in [0.717, 1.165) is 5.76 Å². The number of nitrogens with zero attached hydrogens (tertiary/aromatic N) is 1. The van der Waals surface area contributed by atoms with Gasteiger partial charge in [0.05, 0.1) is 6.54 Å². The van der Waals surface area contributed by atoms with Crippen molar-refractivity contribution in [1.82, 2.24) is 16.0 Å². The average molecular weight is 352 g/mol. The van der Waals surface area contributed by atoms with Gasteiger partial charge in [-0.15, -0.1) is 0 Å². The minimum atomic E-state index is -1.18. The Bertz CT molecular complexity index is 585. The van der Waals surface area contributed by atoms with E-state index in [9.17, 15) is 9.90 Å². The third-order valence-corrected chi connectivity index (χ3v) is 3.54. The molecule has 0 spiro atoms. The first kappa shape index (κ1) is 21.0. The van der Waals surface area contributed by atoms with E-state index in [0.29, 0.717) is 31.4 Å². The lowest BCUT2D eigenvalue weighted by Crippen LogP contribution is -2.44. The highest BCUT2D eigenvalue weighted by molar-refractivity contribution is 5.81. The molecule has 1 aromatic rings. The Morgan fingerprint density at radius 1 is 1.16 bits per heavy atom. The lowest BCUT2D eigenvalue weighted by molar-refractivity contribution is -0.128. The molecular weight excluding hydrogens is 320 g/mol. The first-order valence-corrected chi connectivity index (χ1v) is 8.66. The fourth-order valence-electron chi connectivity index (χ4n) is 2.00. The number of aliphatic imine (C=N–C) groups is 1. The Hall–Kier alpha value is -2.02. The van der Waals surface area contributed by atoms with E-state index in [4.69, 9.17) is 4.42 Å². The number of rotatable bonds is 7. The highest BCUT2D eigenvalue weighted by Gasteiger charge is 2.26. The molecule has 0 saturated heterocycles. The molecule has 0 saturated carbocycles. The van der Waals surface area contributed by atoms with Crippen LogP contribution in [0.3, 0.4) is 0 Å². The molecule has 4 N–H and O–H groups in total. The van der Waals surface area contributed by atoms with Gasteiger partial charge in [-0.25, -0.2) is 4.99 Å². The minimum Gasteiger partial charge on any atom is -0.463 e. The van der Waals surface area contributed by atoms with Gasteiger partial charge in [0.2, 0.25) is 5.91 Å². The highest BCUT2D eigenvalue weighted by atomic mass is 16.4. The van der Waals surface area contributed by atoms with Crippen LogP contribution in [0.4, 0.5) is 0 Å². The summed E-state index contributed by atoms with van der Waals surface area (Å²) in [6.45, 7) is 13.0. The number of carbonyl (C=O) groups is 1. The largest absolute Gasteiger partial charge is 0.463 e. The van der Waals surface area contributed by atoms with Gasteiger partial charge < -0.3 is 25.5 Å². The maximum Gasteiger partial charge on any atom is 0.225 e. The number of amides is 1. The number of aryl methyl sites for hydroxylation is 1. The zero-order valence-corrected chi connectivity index (χ0v) is 16.2. The maximum absolute atomic E-state index is 11.8. The molecule has 1 rings (SSSR count). The minimum absolute atomic E-state index is 0.00682. The van der Waals surface area contributed by atoms with Gasteiger partial charge >= 0.3 is 0 Å². The summed E-state index contributed by atoms with van der Waals surface area (Å²) < 4.78 is 5.49. The van der Waals surface area contributed by atoms with E-state index >= 15 is 0 Å². The first-order chi connectivity index (χ1) is 11.6. The summed E-state index contributed by atoms with van der Waals surface area (Å²) in [7, 11) is 0. The van der Waals surface area contributed by atoms with Crippen molar-refractivity contribution in [3.63, 3.8) is 0 Å². The van der Waals surface area contributed by atoms with Crippen LogP contribution in [0, 0.1) is 12.3 Å². The van der Waals surface area contributed by atoms with Gasteiger partial charge in [0.25, 0.3) is 0 Å². The Kier molecular flexibility index (Phi) is 7.48. The number of hydrogen-bond donors (Lipinski definition) is 4. The molecule has 0 aliphatic rings. The molecule has 7 heteroatoms. The molecule has 1 aromatic heterocycles. The number of guanidine groups is 1. The van der Waals surface area contributed by atoms with Crippen LogP contribution >= 0.6 is 0 Å². The lowest BCUT2D eigenvalue weighted by atomic mass is 9.96. The lowest BCUT2D eigenvalue weighted by Gasteiger charge is -2.20. The van der Waals surface area contributed by atoms with Crippen molar-refractivity contribution < 1.29 is 14.3 Å². The zero-order chi connectivity index (χ0) is 19.1. The highest BCUT2D eigenvalue weighted by Crippen LogP contribution is 2.22. The van der Waals surface area contributed by atoms with Crippen molar-refractivity contribution in [2.75, 3.05) is 26.2 Å². The summed E-state index contributed by atoms with van der Waals surface area (Å²) in [5.41, 5.74) is -1.59. The van der Waals surface area contributed by atoms with Crippen molar-refractivity contribution in [3.05, 3.63) is 23.7 Å². The molecule has 1 heterocycles. The van der Waals surface area contributed by atoms with Crippen molar-refractivity contribution in [3.8, 4) is 0 Å². The molecule has 25 heavy (non-hydrogen) atoms. The molecule has 0 fully saturated rings. The molecule has 0 aliphatic carbocycles. The molecule has 7 nitrogen and oxygen atoms in total. The molecule has 0 radical (unpaired) electrons. The fraction of sp³-hybridized carbons (Fsp3) is 0.667. The standard InChI is InChI=1S/C18H32N4O3/c1-7-19-16(21-11-10-20-15(23)17(3,4)5)22-12-18(6,24)14-9-8-13(2)25-14/h8-9,24H,7,10-12H2,1-6H3,(H,20,23)(H2,19,21,22). The molecule has 0 aromatic carbocycles. The summed E-state index contributed by atoms with van der Waals surface area (Å²) in [5.74, 6) is 1.82. The van der Waals surface area contributed by atoms with E-state index in [1.165, 1.54) is 0 Å². The maximum atomic E-state index is 11.8. The van der Waals surface area contributed by atoms with E-state index < -0.39 is 11.0 Å². The van der Waals surface area contributed by atoms with Gasteiger partial charge in [-0.1, -0.05) is 20.8 Å². The molecule has 142 valence electrons. The van der Waals surface area contributed by atoms with Crippen molar-refractivity contribution in [2.45, 2.75) is 47.1 Å². The molecule has 1 atom stereocenters. The Balaban J connectivity index is 2.55. The number of aliphatic hydroxyl groups is 1. The summed E-state index contributed by atoms with van der Waals surface area (Å²) in [6.07, 6.45) is 0. The summed E-state index contributed by atoms with van der Waals surface area (Å²) in [4.78, 5) is 16.2. The smallest absolute Gasteiger partial charge is 0.225 e. The van der Waals surface area contributed by atoms with Crippen LogP contribution in [0.5, 0.6) is 0 Å². The van der Waals surface area contributed by atoms with Crippen LogP contribution in [-0.4, -0.2) is 43.2 Å². The zero-order valence-electron chi connectivity index (χ0n) is 16.2. The number of carbonyl (C=O) groups excluding carboxylic acids is 1. The van der Waals surface area contributed by atoms with E-state index in [-0.39, 0.29) is 12.5 Å².